The van der Waals surface area contributed by atoms with Gasteiger partial charge in [-0.2, -0.15) is 14.8 Å². The molecule has 0 bridgehead atoms. The molecule has 6 rings (SSSR count). The number of ether oxygens (including phenoxy) is 2. The predicted molar refractivity (Wildman–Crippen MR) is 137 cm³/mol. The van der Waals surface area contributed by atoms with Gasteiger partial charge >= 0.3 is 6.01 Å². The van der Waals surface area contributed by atoms with Gasteiger partial charge in [0.25, 0.3) is 11.7 Å². The third kappa shape index (κ3) is 3.76. The number of nitrogens with zero attached hydrogens (tertiary/aromatic N) is 6. The third-order valence-electron chi connectivity index (χ3n) is 6.71. The fourth-order valence-corrected chi connectivity index (χ4v) is 4.92. The number of methoxy groups -OCH3 is 2. The highest BCUT2D eigenvalue weighted by molar-refractivity contribution is 6.45. The molecular formula is C27H23N7O4. The number of nitrogens with one attached hydrogen (secondary N) is 1. The normalized spacial score (nSPS) is 12.8. The number of Topliss-reactive ketones (excluding diaryl/α,β-unsaturated/α-hetero) is 1. The predicted octanol–water partition coefficient (Wildman–Crippen LogP) is 2.99. The number of carbonyl (C=O) groups excluding carboxylic acids is 2. The highest BCUT2D eigenvalue weighted by Gasteiger charge is 2.31. The minimum atomic E-state index is -0.637. The van der Waals surface area contributed by atoms with Gasteiger partial charge in [-0.25, -0.2) is 4.98 Å². The number of aromatic nitrogens is 6. The minimum absolute atomic E-state index is 0.192. The molecule has 0 fully saturated rings. The maximum absolute atomic E-state index is 13.6. The van der Waals surface area contributed by atoms with Gasteiger partial charge in [-0.15, -0.1) is 0 Å². The van der Waals surface area contributed by atoms with Gasteiger partial charge in [0.1, 0.15) is 12.1 Å². The number of hydrogen-bond acceptors (Lipinski definition) is 8. The van der Waals surface area contributed by atoms with E-state index in [9.17, 15) is 9.59 Å². The van der Waals surface area contributed by atoms with Crippen LogP contribution in [-0.4, -0.2) is 67.1 Å². The largest absolute Gasteiger partial charge is 0.494 e. The van der Waals surface area contributed by atoms with Crippen molar-refractivity contribution in [3.63, 3.8) is 0 Å². The zero-order valence-electron chi connectivity index (χ0n) is 20.7. The van der Waals surface area contributed by atoms with Crippen molar-refractivity contribution in [1.82, 2.24) is 34.6 Å². The maximum Gasteiger partial charge on any atom is 0.320 e. The molecule has 5 heterocycles. The first-order valence-electron chi connectivity index (χ1n) is 11.9. The monoisotopic (exact) mass is 509 g/mol. The van der Waals surface area contributed by atoms with Crippen LogP contribution in [0.5, 0.6) is 11.8 Å². The number of aromatic amines is 1. The van der Waals surface area contributed by atoms with E-state index < -0.39 is 11.7 Å². The molecule has 190 valence electrons. The second kappa shape index (κ2) is 9.43. The zero-order chi connectivity index (χ0) is 26.2. The molecule has 4 aromatic heterocycles. The van der Waals surface area contributed by atoms with Crippen molar-refractivity contribution >= 4 is 22.6 Å². The summed E-state index contributed by atoms with van der Waals surface area (Å²) in [7, 11) is 2.95. The minimum Gasteiger partial charge on any atom is -0.494 e. The Morgan fingerprint density at radius 2 is 1.92 bits per heavy atom. The number of carbonyl (C=O) groups is 2. The number of fused-ring (bicyclic) bond motifs is 2. The van der Waals surface area contributed by atoms with Crippen LogP contribution in [0.25, 0.3) is 28.0 Å². The first-order valence-corrected chi connectivity index (χ1v) is 11.9. The number of pyridine rings is 2. The third-order valence-corrected chi connectivity index (χ3v) is 6.71. The number of rotatable bonds is 6. The van der Waals surface area contributed by atoms with Crippen molar-refractivity contribution in [2.24, 2.45) is 0 Å². The average Bonchev–Trinajstić information content (AvgIpc) is 3.63. The van der Waals surface area contributed by atoms with Crippen molar-refractivity contribution in [3.05, 3.63) is 78.0 Å². The molecule has 0 radical (unpaired) electrons. The van der Waals surface area contributed by atoms with E-state index in [1.54, 1.807) is 11.1 Å². The molecule has 1 N–H and O–H groups in total. The quantitative estimate of drug-likeness (QED) is 0.273. The lowest BCUT2D eigenvalue weighted by Crippen LogP contribution is -2.40. The van der Waals surface area contributed by atoms with Gasteiger partial charge in [-0.3, -0.25) is 14.6 Å². The number of amides is 1. The van der Waals surface area contributed by atoms with Gasteiger partial charge < -0.3 is 19.4 Å². The Hall–Kier alpha value is -5.06. The molecule has 0 aliphatic carbocycles. The van der Waals surface area contributed by atoms with Crippen molar-refractivity contribution in [2.75, 3.05) is 20.8 Å². The molecule has 38 heavy (non-hydrogen) atoms. The fourth-order valence-electron chi connectivity index (χ4n) is 4.92. The van der Waals surface area contributed by atoms with Gasteiger partial charge in [-0.1, -0.05) is 24.3 Å². The van der Waals surface area contributed by atoms with Gasteiger partial charge in [-0.05, 0) is 29.7 Å². The van der Waals surface area contributed by atoms with Crippen LogP contribution in [0.3, 0.4) is 0 Å². The van der Waals surface area contributed by atoms with Crippen molar-refractivity contribution in [3.8, 4) is 28.8 Å². The molecule has 1 aliphatic heterocycles. The summed E-state index contributed by atoms with van der Waals surface area (Å²) in [5.41, 5.74) is 4.74. The lowest BCUT2D eigenvalue weighted by atomic mass is 9.92. The SMILES string of the molecule is COc1cnc(-n2ncnc2OC)c2[nH]cc(C(=O)C(=O)N3CCc4c(cccc4-c4ccccn4)C3)c12. The fraction of sp³-hybridized carbons (Fsp3) is 0.185. The standard InChI is InChI=1S/C27H23N7O4/c1-37-21-13-30-25(34-27(38-2)31-15-32-34)23-22(21)19(12-29-23)24(35)26(36)33-11-9-17-16(14-33)6-5-7-18(17)20-8-3-4-10-28-20/h3-8,10,12-13,15,29H,9,11,14H2,1-2H3. The number of benzene rings is 1. The van der Waals surface area contributed by atoms with E-state index in [-0.39, 0.29) is 11.6 Å². The van der Waals surface area contributed by atoms with E-state index in [1.165, 1.54) is 37.6 Å². The molecule has 0 atom stereocenters. The van der Waals surface area contributed by atoms with E-state index in [4.69, 9.17) is 9.47 Å². The molecule has 0 unspecified atom stereocenters. The van der Waals surface area contributed by atoms with Crippen molar-refractivity contribution in [1.29, 1.82) is 0 Å². The molecule has 5 aromatic rings. The Morgan fingerprint density at radius 3 is 2.71 bits per heavy atom. The molecule has 1 aliphatic rings. The second-order valence-electron chi connectivity index (χ2n) is 8.73. The smallest absolute Gasteiger partial charge is 0.320 e. The molecular weight excluding hydrogens is 486 g/mol. The Bertz CT molecular complexity index is 1680. The first-order chi connectivity index (χ1) is 18.6. The van der Waals surface area contributed by atoms with Crippen molar-refractivity contribution in [2.45, 2.75) is 13.0 Å². The number of hydrogen-bond donors (Lipinski definition) is 1. The molecule has 0 spiro atoms. The molecule has 1 amide bonds. The zero-order valence-corrected chi connectivity index (χ0v) is 20.7. The Kier molecular flexibility index (Phi) is 5.79. The topological polar surface area (TPSA) is 128 Å². The van der Waals surface area contributed by atoms with E-state index >= 15 is 0 Å². The van der Waals surface area contributed by atoms with E-state index in [1.807, 2.05) is 36.4 Å². The van der Waals surface area contributed by atoms with E-state index in [2.05, 4.69) is 25.0 Å². The Morgan fingerprint density at radius 1 is 1.03 bits per heavy atom. The highest BCUT2D eigenvalue weighted by atomic mass is 16.5. The Labute approximate surface area is 217 Å². The molecule has 11 nitrogen and oxygen atoms in total. The van der Waals surface area contributed by atoms with Crippen LogP contribution in [0, 0.1) is 0 Å². The van der Waals surface area contributed by atoms with Crippen LogP contribution in [0.15, 0.2) is 61.3 Å². The van der Waals surface area contributed by atoms with Crippen LogP contribution in [0.1, 0.15) is 21.5 Å². The second-order valence-corrected chi connectivity index (χ2v) is 8.73. The summed E-state index contributed by atoms with van der Waals surface area (Å²) in [4.78, 5) is 44.6. The van der Waals surface area contributed by atoms with E-state index in [0.717, 1.165) is 22.4 Å². The molecule has 0 saturated heterocycles. The van der Waals surface area contributed by atoms with Crippen LogP contribution in [-0.2, 0) is 17.8 Å². The average molecular weight is 510 g/mol. The summed E-state index contributed by atoms with van der Waals surface area (Å²) < 4.78 is 12.1. The van der Waals surface area contributed by atoms with Crippen LogP contribution in [0.4, 0.5) is 0 Å². The summed E-state index contributed by atoms with van der Waals surface area (Å²) in [6.45, 7) is 0.757. The van der Waals surface area contributed by atoms with Crippen LogP contribution in [0.2, 0.25) is 0 Å². The first kappa shape index (κ1) is 23.3. The van der Waals surface area contributed by atoms with Gasteiger partial charge in [0, 0.05) is 31.0 Å². The van der Waals surface area contributed by atoms with Gasteiger partial charge in [0.05, 0.1) is 42.6 Å². The summed E-state index contributed by atoms with van der Waals surface area (Å²) in [6.07, 6.45) is 6.70. The van der Waals surface area contributed by atoms with Crippen LogP contribution < -0.4 is 9.47 Å². The van der Waals surface area contributed by atoms with Crippen LogP contribution >= 0.6 is 0 Å². The van der Waals surface area contributed by atoms with Gasteiger partial charge in [0.15, 0.2) is 5.82 Å². The summed E-state index contributed by atoms with van der Waals surface area (Å²) in [5, 5.41) is 4.60. The lowest BCUT2D eigenvalue weighted by molar-refractivity contribution is -0.127. The molecule has 0 saturated carbocycles. The molecule has 11 heteroatoms. The van der Waals surface area contributed by atoms with Gasteiger partial charge in [0.2, 0.25) is 0 Å². The summed E-state index contributed by atoms with van der Waals surface area (Å²) in [6, 6.07) is 12.0. The number of H-pyrrole nitrogens is 1. The lowest BCUT2D eigenvalue weighted by Gasteiger charge is -2.29. The summed E-state index contributed by atoms with van der Waals surface area (Å²) >= 11 is 0. The summed E-state index contributed by atoms with van der Waals surface area (Å²) in [5.74, 6) is -0.514. The Balaban J connectivity index is 1.33. The maximum atomic E-state index is 13.6. The number of ketones is 1. The van der Waals surface area contributed by atoms with Crippen molar-refractivity contribution < 1.29 is 19.1 Å². The van der Waals surface area contributed by atoms with E-state index in [0.29, 0.717) is 42.0 Å². The highest BCUT2D eigenvalue weighted by Crippen LogP contribution is 2.34. The molecule has 1 aromatic carbocycles.